The Morgan fingerprint density at radius 1 is 1.19 bits per heavy atom. The molecule has 0 atom stereocenters. The minimum atomic E-state index is -0.462. The van der Waals surface area contributed by atoms with E-state index in [4.69, 9.17) is 12.2 Å². The van der Waals surface area contributed by atoms with Crippen molar-refractivity contribution < 1.29 is 9.59 Å². The van der Waals surface area contributed by atoms with Gasteiger partial charge >= 0.3 is 0 Å². The summed E-state index contributed by atoms with van der Waals surface area (Å²) in [5.74, 6) is -0.854. The number of aromatic nitrogens is 1. The van der Waals surface area contributed by atoms with E-state index >= 15 is 0 Å². The molecule has 0 bridgehead atoms. The summed E-state index contributed by atoms with van der Waals surface area (Å²) in [4.78, 5) is 25.4. The molecule has 0 unspecified atom stereocenters. The Bertz CT molecular complexity index is 819. The number of para-hydroxylation sites is 1. The molecule has 6 heteroatoms. The van der Waals surface area contributed by atoms with E-state index < -0.39 is 11.8 Å². The quantitative estimate of drug-likeness (QED) is 0.492. The molecule has 1 aliphatic rings. The largest absolute Gasteiger partial charge is 0.350 e. The van der Waals surface area contributed by atoms with Crippen molar-refractivity contribution in [2.75, 3.05) is 7.05 Å². The number of hydrogen-bond donors (Lipinski definition) is 1. The SMILES string of the molecule is CN1C(=O)/C(=C\c2cn(C)c3ccccc23)C(=O)NC1=S. The van der Waals surface area contributed by atoms with Crippen molar-refractivity contribution in [3.8, 4) is 0 Å². The van der Waals surface area contributed by atoms with Crippen molar-refractivity contribution in [2.45, 2.75) is 0 Å². The number of hydrogen-bond acceptors (Lipinski definition) is 3. The maximum absolute atomic E-state index is 12.2. The van der Waals surface area contributed by atoms with E-state index in [0.717, 1.165) is 16.5 Å². The molecular formula is C15H13N3O2S. The van der Waals surface area contributed by atoms with Gasteiger partial charge in [-0.2, -0.15) is 0 Å². The Labute approximate surface area is 126 Å². The number of nitrogens with one attached hydrogen (secondary N) is 1. The Hall–Kier alpha value is -2.47. The fourth-order valence-electron chi connectivity index (χ4n) is 2.39. The molecule has 1 aromatic heterocycles. The van der Waals surface area contributed by atoms with Gasteiger partial charge in [-0.1, -0.05) is 18.2 Å². The van der Waals surface area contributed by atoms with Crippen LogP contribution >= 0.6 is 12.2 Å². The molecule has 1 aromatic carbocycles. The van der Waals surface area contributed by atoms with Crippen LogP contribution in [0.4, 0.5) is 0 Å². The topological polar surface area (TPSA) is 54.3 Å². The van der Waals surface area contributed by atoms with Crippen LogP contribution in [0.5, 0.6) is 0 Å². The highest BCUT2D eigenvalue weighted by Crippen LogP contribution is 2.23. The molecule has 21 heavy (non-hydrogen) atoms. The molecule has 0 spiro atoms. The zero-order valence-electron chi connectivity index (χ0n) is 11.6. The van der Waals surface area contributed by atoms with Gasteiger partial charge < -0.3 is 4.57 Å². The van der Waals surface area contributed by atoms with Gasteiger partial charge in [0, 0.05) is 36.8 Å². The predicted octanol–water partition coefficient (Wildman–Crippen LogP) is 1.43. The summed E-state index contributed by atoms with van der Waals surface area (Å²) >= 11 is 4.92. The van der Waals surface area contributed by atoms with Gasteiger partial charge in [0.05, 0.1) is 0 Å². The molecular weight excluding hydrogens is 286 g/mol. The molecule has 106 valence electrons. The molecule has 1 N–H and O–H groups in total. The Balaban J connectivity index is 2.13. The highest BCUT2D eigenvalue weighted by molar-refractivity contribution is 7.80. The van der Waals surface area contributed by atoms with E-state index in [0.29, 0.717) is 0 Å². The summed E-state index contributed by atoms with van der Waals surface area (Å²) < 4.78 is 1.96. The molecule has 2 heterocycles. The van der Waals surface area contributed by atoms with Crippen molar-refractivity contribution in [3.63, 3.8) is 0 Å². The second-order valence-electron chi connectivity index (χ2n) is 4.89. The lowest BCUT2D eigenvalue weighted by atomic mass is 10.1. The van der Waals surface area contributed by atoms with Gasteiger partial charge in [0.15, 0.2) is 5.11 Å². The number of thiocarbonyl (C=S) groups is 1. The Morgan fingerprint density at radius 3 is 2.67 bits per heavy atom. The van der Waals surface area contributed by atoms with E-state index in [1.54, 1.807) is 13.1 Å². The van der Waals surface area contributed by atoms with Gasteiger partial charge in [0.25, 0.3) is 11.8 Å². The first-order valence-corrected chi connectivity index (χ1v) is 6.79. The third-order valence-electron chi connectivity index (χ3n) is 3.53. The Morgan fingerprint density at radius 2 is 1.90 bits per heavy atom. The van der Waals surface area contributed by atoms with Crippen molar-refractivity contribution in [2.24, 2.45) is 7.05 Å². The van der Waals surface area contributed by atoms with Crippen molar-refractivity contribution in [3.05, 3.63) is 41.6 Å². The number of fused-ring (bicyclic) bond motifs is 1. The van der Waals surface area contributed by atoms with E-state index in [1.807, 2.05) is 42.1 Å². The lowest BCUT2D eigenvalue weighted by Crippen LogP contribution is -2.52. The third kappa shape index (κ3) is 2.13. The summed E-state index contributed by atoms with van der Waals surface area (Å²) in [7, 11) is 3.47. The van der Waals surface area contributed by atoms with Gasteiger partial charge in [0.1, 0.15) is 5.57 Å². The fourth-order valence-corrected chi connectivity index (χ4v) is 2.56. The standard InChI is InChI=1S/C15H13N3O2S/c1-17-8-9(10-5-3-4-6-12(10)17)7-11-13(19)16-15(21)18(2)14(11)20/h3-8H,1-2H3,(H,16,19,21)/b11-7-. The number of amides is 2. The average Bonchev–Trinajstić information content (AvgIpc) is 2.78. The van der Waals surface area contributed by atoms with Crippen LogP contribution in [-0.4, -0.2) is 33.4 Å². The third-order valence-corrected chi connectivity index (χ3v) is 3.91. The van der Waals surface area contributed by atoms with Crippen molar-refractivity contribution in [1.29, 1.82) is 0 Å². The first-order chi connectivity index (χ1) is 9.99. The maximum atomic E-state index is 12.2. The smallest absolute Gasteiger partial charge is 0.265 e. The molecule has 2 aromatic rings. The zero-order chi connectivity index (χ0) is 15.1. The van der Waals surface area contributed by atoms with E-state index in [1.165, 1.54) is 4.90 Å². The molecule has 0 saturated carbocycles. The van der Waals surface area contributed by atoms with Gasteiger partial charge in [-0.15, -0.1) is 0 Å². The molecule has 2 amide bonds. The lowest BCUT2D eigenvalue weighted by Gasteiger charge is -2.24. The minimum absolute atomic E-state index is 0.0856. The van der Waals surface area contributed by atoms with Gasteiger partial charge in [-0.3, -0.25) is 19.8 Å². The predicted molar refractivity (Wildman–Crippen MR) is 84.4 cm³/mol. The minimum Gasteiger partial charge on any atom is -0.350 e. The number of carbonyl (C=O) groups is 2. The van der Waals surface area contributed by atoms with E-state index in [-0.39, 0.29) is 10.7 Å². The van der Waals surface area contributed by atoms with Crippen LogP contribution in [0.25, 0.3) is 17.0 Å². The van der Waals surface area contributed by atoms with Gasteiger partial charge in [0.2, 0.25) is 0 Å². The second kappa shape index (κ2) is 4.82. The highest BCUT2D eigenvalue weighted by atomic mass is 32.1. The lowest BCUT2D eigenvalue weighted by molar-refractivity contribution is -0.128. The number of likely N-dealkylation sites (N-methyl/N-ethyl adjacent to an activating group) is 1. The molecule has 0 aliphatic carbocycles. The van der Waals surface area contributed by atoms with Crippen molar-refractivity contribution in [1.82, 2.24) is 14.8 Å². The first kappa shape index (κ1) is 13.5. The summed E-state index contributed by atoms with van der Waals surface area (Å²) in [5, 5.41) is 3.62. The summed E-state index contributed by atoms with van der Waals surface area (Å²) in [5.41, 5.74) is 1.95. The van der Waals surface area contributed by atoms with E-state index in [2.05, 4.69) is 5.32 Å². The number of aryl methyl sites for hydroxylation is 1. The average molecular weight is 299 g/mol. The summed E-state index contributed by atoms with van der Waals surface area (Å²) in [6, 6.07) is 7.82. The highest BCUT2D eigenvalue weighted by Gasteiger charge is 2.30. The summed E-state index contributed by atoms with van der Waals surface area (Å²) in [6.07, 6.45) is 3.50. The first-order valence-electron chi connectivity index (χ1n) is 6.38. The van der Waals surface area contributed by atoms with Crippen LogP contribution in [0.1, 0.15) is 5.56 Å². The fraction of sp³-hybridized carbons (Fsp3) is 0.133. The molecule has 1 saturated heterocycles. The molecule has 1 fully saturated rings. The van der Waals surface area contributed by atoms with Crippen LogP contribution in [-0.2, 0) is 16.6 Å². The number of rotatable bonds is 1. The van der Waals surface area contributed by atoms with Crippen molar-refractivity contribution >= 4 is 46.1 Å². The molecule has 5 nitrogen and oxygen atoms in total. The Kier molecular flexibility index (Phi) is 3.10. The normalized spacial score (nSPS) is 17.7. The van der Waals surface area contributed by atoms with Crippen LogP contribution in [0.2, 0.25) is 0 Å². The maximum Gasteiger partial charge on any atom is 0.265 e. The second-order valence-corrected chi connectivity index (χ2v) is 5.28. The molecule has 1 aliphatic heterocycles. The number of benzene rings is 1. The van der Waals surface area contributed by atoms with Crippen LogP contribution < -0.4 is 5.32 Å². The summed E-state index contributed by atoms with van der Waals surface area (Å²) in [6.45, 7) is 0. The number of carbonyl (C=O) groups excluding carboxylic acids is 2. The van der Waals surface area contributed by atoms with E-state index in [9.17, 15) is 9.59 Å². The monoisotopic (exact) mass is 299 g/mol. The molecule has 3 rings (SSSR count). The van der Waals surface area contributed by atoms with Crippen LogP contribution in [0, 0.1) is 0 Å². The van der Waals surface area contributed by atoms with Gasteiger partial charge in [-0.05, 0) is 24.4 Å². The van der Waals surface area contributed by atoms with Crippen LogP contribution in [0.15, 0.2) is 36.0 Å². The zero-order valence-corrected chi connectivity index (χ0v) is 12.4. The van der Waals surface area contributed by atoms with Gasteiger partial charge in [-0.25, -0.2) is 0 Å². The molecule has 0 radical (unpaired) electrons. The number of nitrogens with zero attached hydrogens (tertiary/aromatic N) is 2. The van der Waals surface area contributed by atoms with Crippen LogP contribution in [0.3, 0.4) is 0 Å².